The molecule has 0 aromatic heterocycles. The van der Waals surface area contributed by atoms with Crippen LogP contribution in [0.4, 0.5) is 0 Å². The minimum atomic E-state index is -3.41. The summed E-state index contributed by atoms with van der Waals surface area (Å²) in [6, 6.07) is -0.671. The summed E-state index contributed by atoms with van der Waals surface area (Å²) < 4.78 is 30.7. The maximum Gasteiger partial charge on any atom is 0.240 e. The number of nitrogens with zero attached hydrogens (tertiary/aromatic N) is 2. The fourth-order valence-corrected chi connectivity index (χ4v) is 3.50. The van der Waals surface area contributed by atoms with Gasteiger partial charge in [0, 0.05) is 33.3 Å². The fourth-order valence-electron chi connectivity index (χ4n) is 2.78. The predicted molar refractivity (Wildman–Crippen MR) is 90.7 cm³/mol. The minimum Gasteiger partial charge on any atom is -0.383 e. The predicted octanol–water partition coefficient (Wildman–Crippen LogP) is 0.131. The van der Waals surface area contributed by atoms with Gasteiger partial charge in [0.15, 0.2) is 0 Å². The third kappa shape index (κ3) is 8.10. The molecule has 1 atom stereocenters. The molecule has 1 aliphatic rings. The second-order valence-corrected chi connectivity index (χ2v) is 8.37. The summed E-state index contributed by atoms with van der Waals surface area (Å²) >= 11 is 0. The minimum absolute atomic E-state index is 0.113. The molecule has 1 N–H and O–H groups in total. The number of hydrogen-bond donors (Lipinski definition) is 1. The second-order valence-electron chi connectivity index (χ2n) is 6.59. The van der Waals surface area contributed by atoms with Gasteiger partial charge < -0.3 is 9.64 Å². The van der Waals surface area contributed by atoms with E-state index in [0.29, 0.717) is 26.1 Å². The van der Waals surface area contributed by atoms with Gasteiger partial charge in [-0.3, -0.25) is 9.69 Å². The van der Waals surface area contributed by atoms with Crippen molar-refractivity contribution in [2.24, 2.45) is 5.92 Å². The van der Waals surface area contributed by atoms with Crippen LogP contribution in [0.1, 0.15) is 26.7 Å². The highest BCUT2D eigenvalue weighted by molar-refractivity contribution is 7.88. The number of rotatable bonds is 8. The van der Waals surface area contributed by atoms with Crippen LogP contribution in [0.5, 0.6) is 0 Å². The highest BCUT2D eigenvalue weighted by Crippen LogP contribution is 2.11. The van der Waals surface area contributed by atoms with Crippen molar-refractivity contribution in [3.05, 3.63) is 0 Å². The van der Waals surface area contributed by atoms with E-state index in [1.807, 2.05) is 13.8 Å². The molecular formula is C15H31N3O4S. The summed E-state index contributed by atoms with van der Waals surface area (Å²) in [6.07, 6.45) is 2.50. The molecule has 1 amide bonds. The van der Waals surface area contributed by atoms with Crippen molar-refractivity contribution in [1.82, 2.24) is 14.5 Å². The third-order valence-electron chi connectivity index (χ3n) is 3.87. The van der Waals surface area contributed by atoms with Crippen molar-refractivity contribution in [2.45, 2.75) is 32.7 Å². The Morgan fingerprint density at radius 3 is 2.48 bits per heavy atom. The fraction of sp³-hybridized carbons (Fsp3) is 0.933. The molecule has 1 heterocycles. The van der Waals surface area contributed by atoms with E-state index in [-0.39, 0.29) is 11.8 Å². The van der Waals surface area contributed by atoms with Gasteiger partial charge in [-0.1, -0.05) is 13.8 Å². The molecule has 0 aliphatic carbocycles. The van der Waals surface area contributed by atoms with Gasteiger partial charge in [-0.25, -0.2) is 13.1 Å². The summed E-state index contributed by atoms with van der Waals surface area (Å²) in [5.74, 6) is 0.126. The number of methoxy groups -OCH3 is 1. The number of ether oxygens (including phenoxy) is 1. The first-order valence-electron chi connectivity index (χ1n) is 8.20. The zero-order valence-corrected chi connectivity index (χ0v) is 15.6. The Morgan fingerprint density at radius 1 is 1.22 bits per heavy atom. The summed E-state index contributed by atoms with van der Waals surface area (Å²) in [4.78, 5) is 16.8. The summed E-state index contributed by atoms with van der Waals surface area (Å²) in [5, 5.41) is 0. The molecule has 8 heteroatoms. The van der Waals surface area contributed by atoms with Gasteiger partial charge in [0.2, 0.25) is 15.9 Å². The molecule has 1 aliphatic heterocycles. The lowest BCUT2D eigenvalue weighted by atomic mass is 10.0. The van der Waals surface area contributed by atoms with E-state index in [4.69, 9.17) is 4.74 Å². The van der Waals surface area contributed by atoms with Crippen LogP contribution in [0.25, 0.3) is 0 Å². The van der Waals surface area contributed by atoms with Gasteiger partial charge in [0.1, 0.15) is 6.04 Å². The first-order chi connectivity index (χ1) is 10.7. The van der Waals surface area contributed by atoms with Gasteiger partial charge in [0.25, 0.3) is 0 Å². The zero-order chi connectivity index (χ0) is 17.5. The molecule has 1 saturated heterocycles. The maximum absolute atomic E-state index is 12.7. The molecule has 0 radical (unpaired) electrons. The first-order valence-corrected chi connectivity index (χ1v) is 10.1. The maximum atomic E-state index is 12.7. The van der Waals surface area contributed by atoms with Gasteiger partial charge in [-0.2, -0.15) is 0 Å². The highest BCUT2D eigenvalue weighted by atomic mass is 32.2. The number of amides is 1. The molecule has 0 spiro atoms. The lowest BCUT2D eigenvalue weighted by Gasteiger charge is -2.27. The average Bonchev–Trinajstić information content (AvgIpc) is 2.67. The Balaban J connectivity index is 2.67. The number of carbonyl (C=O) groups is 1. The van der Waals surface area contributed by atoms with Gasteiger partial charge in [-0.15, -0.1) is 0 Å². The van der Waals surface area contributed by atoms with E-state index in [0.717, 1.165) is 32.3 Å². The number of hydrogen-bond acceptors (Lipinski definition) is 5. The SMILES string of the molecule is COCCN1CCCN(C(=O)[C@H](CC(C)C)NS(C)(=O)=O)CC1. The monoisotopic (exact) mass is 349 g/mol. The number of sulfonamides is 1. The van der Waals surface area contributed by atoms with Crippen LogP contribution >= 0.6 is 0 Å². The van der Waals surface area contributed by atoms with E-state index >= 15 is 0 Å². The Labute approximate surface area is 140 Å². The molecule has 0 unspecified atom stereocenters. The lowest BCUT2D eigenvalue weighted by molar-refractivity contribution is -0.133. The Morgan fingerprint density at radius 2 is 1.91 bits per heavy atom. The van der Waals surface area contributed by atoms with E-state index in [9.17, 15) is 13.2 Å². The largest absolute Gasteiger partial charge is 0.383 e. The van der Waals surface area contributed by atoms with E-state index in [1.165, 1.54) is 0 Å². The normalized spacial score (nSPS) is 18.9. The molecule has 1 rings (SSSR count). The molecule has 0 aromatic rings. The molecule has 0 aromatic carbocycles. The van der Waals surface area contributed by atoms with E-state index < -0.39 is 16.1 Å². The van der Waals surface area contributed by atoms with E-state index in [1.54, 1.807) is 12.0 Å². The van der Waals surface area contributed by atoms with Crippen LogP contribution in [-0.2, 0) is 19.6 Å². The van der Waals surface area contributed by atoms with Crippen molar-refractivity contribution >= 4 is 15.9 Å². The summed E-state index contributed by atoms with van der Waals surface area (Å²) in [5.41, 5.74) is 0. The van der Waals surface area contributed by atoms with Crippen molar-refractivity contribution in [3.8, 4) is 0 Å². The zero-order valence-electron chi connectivity index (χ0n) is 14.7. The van der Waals surface area contributed by atoms with Crippen LogP contribution in [0.2, 0.25) is 0 Å². The van der Waals surface area contributed by atoms with Crippen molar-refractivity contribution in [1.29, 1.82) is 0 Å². The Kier molecular flexibility index (Phi) is 8.46. The lowest BCUT2D eigenvalue weighted by Crippen LogP contribution is -2.49. The molecule has 0 saturated carbocycles. The molecule has 1 fully saturated rings. The number of carbonyl (C=O) groups excluding carboxylic acids is 1. The smallest absolute Gasteiger partial charge is 0.240 e. The highest BCUT2D eigenvalue weighted by Gasteiger charge is 2.28. The van der Waals surface area contributed by atoms with Crippen LogP contribution < -0.4 is 4.72 Å². The Bertz CT molecular complexity index is 467. The quantitative estimate of drug-likeness (QED) is 0.674. The molecule has 0 bridgehead atoms. The third-order valence-corrected chi connectivity index (χ3v) is 4.59. The molecule has 136 valence electrons. The summed E-state index contributed by atoms with van der Waals surface area (Å²) in [6.45, 7) is 8.53. The number of nitrogens with one attached hydrogen (secondary N) is 1. The van der Waals surface area contributed by atoms with Gasteiger partial charge in [0.05, 0.1) is 12.9 Å². The van der Waals surface area contributed by atoms with Gasteiger partial charge in [-0.05, 0) is 25.3 Å². The van der Waals surface area contributed by atoms with Crippen LogP contribution in [0, 0.1) is 5.92 Å². The average molecular weight is 349 g/mol. The summed E-state index contributed by atoms with van der Waals surface area (Å²) in [7, 11) is -1.73. The van der Waals surface area contributed by atoms with Crippen molar-refractivity contribution in [3.63, 3.8) is 0 Å². The molecular weight excluding hydrogens is 318 g/mol. The van der Waals surface area contributed by atoms with Crippen molar-refractivity contribution < 1.29 is 17.9 Å². The van der Waals surface area contributed by atoms with Gasteiger partial charge >= 0.3 is 0 Å². The Hall–Kier alpha value is -0.700. The standard InChI is InChI=1S/C15H31N3O4S/c1-13(2)12-14(16-23(4,20)21)15(19)18-7-5-6-17(8-9-18)10-11-22-3/h13-14,16H,5-12H2,1-4H3/t14-/m0/s1. The first kappa shape index (κ1) is 20.3. The molecule has 23 heavy (non-hydrogen) atoms. The van der Waals surface area contributed by atoms with E-state index in [2.05, 4.69) is 9.62 Å². The van der Waals surface area contributed by atoms with Crippen molar-refractivity contribution in [2.75, 3.05) is 52.7 Å². The second kappa shape index (κ2) is 9.56. The topological polar surface area (TPSA) is 79.0 Å². The molecule has 7 nitrogen and oxygen atoms in total. The van der Waals surface area contributed by atoms with Crippen LogP contribution in [0.15, 0.2) is 0 Å². The van der Waals surface area contributed by atoms with Crippen LogP contribution in [0.3, 0.4) is 0 Å². The van der Waals surface area contributed by atoms with Crippen LogP contribution in [-0.4, -0.2) is 82.9 Å².